The fourth-order valence-electron chi connectivity index (χ4n) is 2.67. The maximum Gasteiger partial charge on any atom is 0.409 e. The Hall–Kier alpha value is -1.59. The van der Waals surface area contributed by atoms with Gasteiger partial charge < -0.3 is 20.1 Å². The van der Waals surface area contributed by atoms with Crippen molar-refractivity contribution in [2.75, 3.05) is 26.3 Å². The monoisotopic (exact) mass is 292 g/mol. The molecule has 116 valence electrons. The highest BCUT2D eigenvalue weighted by molar-refractivity contribution is 5.67. The minimum absolute atomic E-state index is 0.0506. The molecule has 0 radical (unpaired) electrons. The average Bonchev–Trinajstić information content (AvgIpc) is 2.54. The van der Waals surface area contributed by atoms with Crippen LogP contribution in [0, 0.1) is 0 Å². The summed E-state index contributed by atoms with van der Waals surface area (Å²) in [5, 5.41) is 13.1. The minimum atomic E-state index is -0.224. The van der Waals surface area contributed by atoms with Crippen LogP contribution in [0.3, 0.4) is 0 Å². The zero-order chi connectivity index (χ0) is 15.1. The molecule has 0 aromatic heterocycles. The number of carbonyl (C=O) groups is 1. The summed E-state index contributed by atoms with van der Waals surface area (Å²) in [6.45, 7) is 3.70. The van der Waals surface area contributed by atoms with Crippen molar-refractivity contribution in [3.63, 3.8) is 0 Å². The molecule has 0 bridgehead atoms. The number of amides is 1. The molecular formula is C16H24N2O3. The van der Waals surface area contributed by atoms with Crippen molar-refractivity contribution in [3.8, 4) is 0 Å². The predicted molar refractivity (Wildman–Crippen MR) is 81.0 cm³/mol. The SMILES string of the molecule is CCOC(=O)N1CCC(N[C@@H](CO)c2ccccc2)CC1. The van der Waals surface area contributed by atoms with Crippen LogP contribution in [-0.2, 0) is 4.74 Å². The second-order valence-electron chi connectivity index (χ2n) is 5.27. The Kier molecular flexibility index (Phi) is 6.02. The first-order valence-corrected chi connectivity index (χ1v) is 7.58. The third-order valence-corrected chi connectivity index (χ3v) is 3.84. The summed E-state index contributed by atoms with van der Waals surface area (Å²) >= 11 is 0. The number of aliphatic hydroxyl groups excluding tert-OH is 1. The maximum atomic E-state index is 11.6. The molecule has 1 aromatic carbocycles. The largest absolute Gasteiger partial charge is 0.450 e. The molecule has 21 heavy (non-hydrogen) atoms. The van der Waals surface area contributed by atoms with E-state index in [0.717, 1.165) is 18.4 Å². The number of likely N-dealkylation sites (tertiary alicyclic amines) is 1. The van der Waals surface area contributed by atoms with E-state index in [1.807, 2.05) is 37.3 Å². The van der Waals surface area contributed by atoms with Crippen LogP contribution in [0.2, 0.25) is 0 Å². The minimum Gasteiger partial charge on any atom is -0.450 e. The summed E-state index contributed by atoms with van der Waals surface area (Å²) in [7, 11) is 0. The zero-order valence-corrected chi connectivity index (χ0v) is 12.5. The molecule has 1 aliphatic rings. The van der Waals surface area contributed by atoms with E-state index >= 15 is 0 Å². The number of aliphatic hydroxyl groups is 1. The van der Waals surface area contributed by atoms with Crippen LogP contribution in [0.5, 0.6) is 0 Å². The van der Waals surface area contributed by atoms with E-state index in [4.69, 9.17) is 4.74 Å². The molecule has 1 aliphatic heterocycles. The van der Waals surface area contributed by atoms with E-state index in [1.165, 1.54) is 0 Å². The lowest BCUT2D eigenvalue weighted by Crippen LogP contribution is -2.46. The number of rotatable bonds is 5. The lowest BCUT2D eigenvalue weighted by Gasteiger charge is -2.33. The standard InChI is InChI=1S/C16H24N2O3/c1-2-21-16(20)18-10-8-14(9-11-18)17-15(12-19)13-6-4-3-5-7-13/h3-7,14-15,17,19H,2,8-12H2,1H3/t15-/m0/s1. The normalized spacial score (nSPS) is 17.5. The molecule has 1 atom stereocenters. The number of benzene rings is 1. The van der Waals surface area contributed by atoms with Crippen molar-refractivity contribution >= 4 is 6.09 Å². The molecule has 0 spiro atoms. The average molecular weight is 292 g/mol. The molecule has 0 saturated carbocycles. The van der Waals surface area contributed by atoms with Crippen molar-refractivity contribution in [1.29, 1.82) is 0 Å². The van der Waals surface area contributed by atoms with Crippen molar-refractivity contribution in [2.24, 2.45) is 0 Å². The van der Waals surface area contributed by atoms with Gasteiger partial charge in [0, 0.05) is 19.1 Å². The van der Waals surface area contributed by atoms with Crippen molar-refractivity contribution < 1.29 is 14.6 Å². The van der Waals surface area contributed by atoms with E-state index in [9.17, 15) is 9.90 Å². The summed E-state index contributed by atoms with van der Waals surface area (Å²) in [5.41, 5.74) is 1.09. The molecule has 1 saturated heterocycles. The van der Waals surface area contributed by atoms with E-state index in [-0.39, 0.29) is 18.7 Å². The summed E-state index contributed by atoms with van der Waals surface area (Å²) in [6, 6.07) is 10.2. The molecule has 1 fully saturated rings. The number of piperidine rings is 1. The number of nitrogens with zero attached hydrogens (tertiary/aromatic N) is 1. The Balaban J connectivity index is 1.83. The Labute approximate surface area is 125 Å². The molecule has 1 aromatic rings. The lowest BCUT2D eigenvalue weighted by molar-refractivity contribution is 0.0928. The number of carbonyl (C=O) groups excluding carboxylic acids is 1. The van der Waals surface area contributed by atoms with Crippen LogP contribution < -0.4 is 5.32 Å². The molecule has 0 unspecified atom stereocenters. The number of hydrogen-bond acceptors (Lipinski definition) is 4. The summed E-state index contributed by atoms with van der Waals surface area (Å²) in [6.07, 6.45) is 1.53. The molecule has 0 aliphatic carbocycles. The molecule has 1 amide bonds. The topological polar surface area (TPSA) is 61.8 Å². The van der Waals surface area contributed by atoms with Crippen LogP contribution in [0.4, 0.5) is 4.79 Å². The van der Waals surface area contributed by atoms with E-state index in [2.05, 4.69) is 5.32 Å². The molecule has 2 rings (SSSR count). The first-order valence-electron chi connectivity index (χ1n) is 7.58. The molecule has 2 N–H and O–H groups in total. The van der Waals surface area contributed by atoms with Gasteiger partial charge in [0.05, 0.1) is 19.3 Å². The van der Waals surface area contributed by atoms with Gasteiger partial charge in [0.2, 0.25) is 0 Å². The molecule has 5 nitrogen and oxygen atoms in total. The van der Waals surface area contributed by atoms with Gasteiger partial charge >= 0.3 is 6.09 Å². The summed E-state index contributed by atoms with van der Waals surface area (Å²) in [4.78, 5) is 13.4. The fraction of sp³-hybridized carbons (Fsp3) is 0.562. The highest BCUT2D eigenvalue weighted by Gasteiger charge is 2.25. The number of ether oxygens (including phenoxy) is 1. The number of hydrogen-bond donors (Lipinski definition) is 2. The summed E-state index contributed by atoms with van der Waals surface area (Å²) in [5.74, 6) is 0. The smallest absolute Gasteiger partial charge is 0.409 e. The van der Waals surface area contributed by atoms with Crippen LogP contribution >= 0.6 is 0 Å². The van der Waals surface area contributed by atoms with Gasteiger partial charge in [-0.05, 0) is 25.3 Å². The van der Waals surface area contributed by atoms with E-state index in [0.29, 0.717) is 25.7 Å². The van der Waals surface area contributed by atoms with Crippen molar-refractivity contribution in [1.82, 2.24) is 10.2 Å². The Bertz CT molecular complexity index is 430. The zero-order valence-electron chi connectivity index (χ0n) is 12.5. The van der Waals surface area contributed by atoms with E-state index < -0.39 is 0 Å². The van der Waals surface area contributed by atoms with Gasteiger partial charge in [-0.15, -0.1) is 0 Å². The molecule has 1 heterocycles. The van der Waals surface area contributed by atoms with Crippen molar-refractivity contribution in [2.45, 2.75) is 31.8 Å². The first kappa shape index (κ1) is 15.8. The highest BCUT2D eigenvalue weighted by Crippen LogP contribution is 2.17. The van der Waals surface area contributed by atoms with Gasteiger partial charge in [-0.2, -0.15) is 0 Å². The fourth-order valence-corrected chi connectivity index (χ4v) is 2.67. The van der Waals surface area contributed by atoms with Gasteiger partial charge in [0.25, 0.3) is 0 Å². The van der Waals surface area contributed by atoms with Gasteiger partial charge in [-0.1, -0.05) is 30.3 Å². The second kappa shape index (κ2) is 8.00. The highest BCUT2D eigenvalue weighted by atomic mass is 16.6. The van der Waals surface area contributed by atoms with Crippen LogP contribution in [0.1, 0.15) is 31.4 Å². The first-order chi connectivity index (χ1) is 10.2. The van der Waals surface area contributed by atoms with Gasteiger partial charge in [0.1, 0.15) is 0 Å². The third kappa shape index (κ3) is 4.44. The maximum absolute atomic E-state index is 11.6. The third-order valence-electron chi connectivity index (χ3n) is 3.84. The Morgan fingerprint density at radius 2 is 2.05 bits per heavy atom. The molecule has 5 heteroatoms. The summed E-state index contributed by atoms with van der Waals surface area (Å²) < 4.78 is 5.01. The van der Waals surface area contributed by atoms with E-state index in [1.54, 1.807) is 4.90 Å². The van der Waals surface area contributed by atoms with Crippen LogP contribution in [-0.4, -0.2) is 48.4 Å². The second-order valence-corrected chi connectivity index (χ2v) is 5.27. The van der Waals surface area contributed by atoms with Gasteiger partial charge in [0.15, 0.2) is 0 Å². The Morgan fingerprint density at radius 3 is 2.62 bits per heavy atom. The predicted octanol–water partition coefficient (Wildman–Crippen LogP) is 1.93. The van der Waals surface area contributed by atoms with Crippen molar-refractivity contribution in [3.05, 3.63) is 35.9 Å². The van der Waals surface area contributed by atoms with Gasteiger partial charge in [-0.25, -0.2) is 4.79 Å². The number of nitrogens with one attached hydrogen (secondary N) is 1. The van der Waals surface area contributed by atoms with Gasteiger partial charge in [-0.3, -0.25) is 0 Å². The van der Waals surface area contributed by atoms with Crippen LogP contribution in [0.25, 0.3) is 0 Å². The quantitative estimate of drug-likeness (QED) is 0.870. The lowest BCUT2D eigenvalue weighted by atomic mass is 10.0. The molecular weight excluding hydrogens is 268 g/mol. The van der Waals surface area contributed by atoms with Crippen LogP contribution in [0.15, 0.2) is 30.3 Å². The Morgan fingerprint density at radius 1 is 1.38 bits per heavy atom.